The van der Waals surface area contributed by atoms with Gasteiger partial charge in [-0.2, -0.15) is 0 Å². The van der Waals surface area contributed by atoms with E-state index in [0.29, 0.717) is 0 Å². The van der Waals surface area contributed by atoms with Gasteiger partial charge in [-0.25, -0.2) is 0 Å². The van der Waals surface area contributed by atoms with Crippen LogP contribution in [0.15, 0.2) is 0 Å². The molecule has 3 nitrogen and oxygen atoms in total. The van der Waals surface area contributed by atoms with Gasteiger partial charge in [-0.3, -0.25) is 0 Å². The minimum absolute atomic E-state index is 1.06. The van der Waals surface area contributed by atoms with Crippen LogP contribution in [-0.4, -0.2) is 19.2 Å². The highest BCUT2D eigenvalue weighted by molar-refractivity contribution is 7.14. The summed E-state index contributed by atoms with van der Waals surface area (Å²) in [6.45, 7) is 2.06. The standard InChI is InChI=1S/C6H12N3S/c1-5-9(4)7-6(10-5)8(2)3/h1-4H3/q+1. The first-order valence-electron chi connectivity index (χ1n) is 3.12. The fourth-order valence-electron chi connectivity index (χ4n) is 0.598. The van der Waals surface area contributed by atoms with Crippen LogP contribution in [0.3, 0.4) is 0 Å². The third-order valence-electron chi connectivity index (χ3n) is 1.31. The summed E-state index contributed by atoms with van der Waals surface area (Å²) < 4.78 is 1.89. The molecule has 0 atom stereocenters. The molecule has 4 heteroatoms. The molecule has 0 aromatic carbocycles. The molecule has 10 heavy (non-hydrogen) atoms. The van der Waals surface area contributed by atoms with Gasteiger partial charge in [0.15, 0.2) is 7.05 Å². The summed E-state index contributed by atoms with van der Waals surface area (Å²) in [5.74, 6) is 0. The molecular weight excluding hydrogens is 146 g/mol. The van der Waals surface area contributed by atoms with Gasteiger partial charge in [-0.1, -0.05) is 4.68 Å². The minimum Gasteiger partial charge on any atom is -0.349 e. The van der Waals surface area contributed by atoms with Crippen molar-refractivity contribution in [2.75, 3.05) is 19.0 Å². The van der Waals surface area contributed by atoms with Gasteiger partial charge in [-0.15, -0.1) is 0 Å². The predicted molar refractivity (Wildman–Crippen MR) is 42.4 cm³/mol. The van der Waals surface area contributed by atoms with Gasteiger partial charge in [0.05, 0.1) is 0 Å². The molecule has 1 aromatic heterocycles. The van der Waals surface area contributed by atoms with Gasteiger partial charge < -0.3 is 4.90 Å². The molecule has 0 amide bonds. The maximum Gasteiger partial charge on any atom is 0.263 e. The van der Waals surface area contributed by atoms with Gasteiger partial charge in [0, 0.05) is 26.1 Å². The van der Waals surface area contributed by atoms with Crippen LogP contribution < -0.4 is 9.58 Å². The predicted octanol–water partition coefficient (Wildman–Crippen LogP) is 0.342. The Hall–Kier alpha value is -0.640. The zero-order valence-corrected chi connectivity index (χ0v) is 7.57. The normalized spacial score (nSPS) is 10.0. The molecule has 0 fully saturated rings. The Morgan fingerprint density at radius 2 is 2.10 bits per heavy atom. The number of hydrogen-bond acceptors (Lipinski definition) is 3. The second-order valence-electron chi connectivity index (χ2n) is 2.42. The average molecular weight is 158 g/mol. The van der Waals surface area contributed by atoms with Crippen LogP contribution in [0.2, 0.25) is 0 Å². The Labute approximate surface area is 64.9 Å². The van der Waals surface area contributed by atoms with Crippen LogP contribution >= 0.6 is 11.3 Å². The van der Waals surface area contributed by atoms with Crippen molar-refractivity contribution in [2.24, 2.45) is 7.05 Å². The van der Waals surface area contributed by atoms with Crippen molar-refractivity contribution >= 4 is 16.5 Å². The van der Waals surface area contributed by atoms with Gasteiger partial charge in [0.2, 0.25) is 0 Å². The highest BCUT2D eigenvalue weighted by Crippen LogP contribution is 2.14. The maximum atomic E-state index is 4.27. The molecule has 0 spiro atoms. The SMILES string of the molecule is Cc1sc(N(C)C)n[n+]1C. The van der Waals surface area contributed by atoms with Gasteiger partial charge >= 0.3 is 0 Å². The van der Waals surface area contributed by atoms with Gasteiger partial charge in [0.25, 0.3) is 10.1 Å². The fraction of sp³-hybridized carbons (Fsp3) is 0.667. The molecule has 0 aliphatic heterocycles. The largest absolute Gasteiger partial charge is 0.349 e. The van der Waals surface area contributed by atoms with Crippen molar-refractivity contribution < 1.29 is 4.68 Å². The Kier molecular flexibility index (Phi) is 1.89. The van der Waals surface area contributed by atoms with Crippen LogP contribution in [0.4, 0.5) is 5.13 Å². The van der Waals surface area contributed by atoms with Crippen LogP contribution in [0, 0.1) is 6.92 Å². The van der Waals surface area contributed by atoms with Crippen molar-refractivity contribution in [2.45, 2.75) is 6.92 Å². The van der Waals surface area contributed by atoms with Crippen molar-refractivity contribution in [3.63, 3.8) is 0 Å². The van der Waals surface area contributed by atoms with E-state index in [1.165, 1.54) is 5.01 Å². The van der Waals surface area contributed by atoms with Crippen LogP contribution in [0.5, 0.6) is 0 Å². The molecule has 0 N–H and O–H groups in total. The van der Waals surface area contributed by atoms with E-state index < -0.39 is 0 Å². The molecule has 0 aliphatic rings. The minimum atomic E-state index is 1.06. The molecule has 0 saturated heterocycles. The number of aryl methyl sites for hydroxylation is 2. The Balaban J connectivity index is 2.98. The molecule has 56 valence electrons. The summed E-state index contributed by atoms with van der Waals surface area (Å²) in [6.07, 6.45) is 0. The molecule has 0 saturated carbocycles. The van der Waals surface area contributed by atoms with E-state index in [9.17, 15) is 0 Å². The van der Waals surface area contributed by atoms with E-state index in [1.807, 2.05) is 30.7 Å². The molecule has 1 rings (SSSR count). The fourth-order valence-corrected chi connectivity index (χ4v) is 1.38. The smallest absolute Gasteiger partial charge is 0.263 e. The Bertz CT molecular complexity index is 209. The lowest BCUT2D eigenvalue weighted by Crippen LogP contribution is -2.32. The van der Waals surface area contributed by atoms with E-state index >= 15 is 0 Å². The topological polar surface area (TPSA) is 20.0 Å². The van der Waals surface area contributed by atoms with Crippen molar-refractivity contribution in [3.8, 4) is 0 Å². The first-order chi connectivity index (χ1) is 4.61. The summed E-state index contributed by atoms with van der Waals surface area (Å²) in [6, 6.07) is 0. The first kappa shape index (κ1) is 7.47. The highest BCUT2D eigenvalue weighted by atomic mass is 32.1. The molecule has 0 radical (unpaired) electrons. The van der Waals surface area contributed by atoms with Gasteiger partial charge in [0.1, 0.15) is 0 Å². The summed E-state index contributed by atoms with van der Waals surface area (Å²) in [5.41, 5.74) is 0. The number of rotatable bonds is 1. The molecule has 1 heterocycles. The molecular formula is C6H12N3S+. The van der Waals surface area contributed by atoms with Gasteiger partial charge in [-0.05, 0) is 11.3 Å². The van der Waals surface area contributed by atoms with Crippen LogP contribution in [0.25, 0.3) is 0 Å². The molecule has 0 unspecified atom stereocenters. The van der Waals surface area contributed by atoms with Crippen molar-refractivity contribution in [3.05, 3.63) is 5.01 Å². The number of hydrogen-bond donors (Lipinski definition) is 0. The third kappa shape index (κ3) is 1.26. The van der Waals surface area contributed by atoms with Crippen LogP contribution in [-0.2, 0) is 7.05 Å². The number of anilines is 1. The highest BCUT2D eigenvalue weighted by Gasteiger charge is 2.11. The Morgan fingerprint density at radius 3 is 2.30 bits per heavy atom. The molecule has 1 aromatic rings. The lowest BCUT2D eigenvalue weighted by molar-refractivity contribution is -0.729. The molecule has 0 aliphatic carbocycles. The third-order valence-corrected chi connectivity index (χ3v) is 2.50. The van der Waals surface area contributed by atoms with E-state index in [2.05, 4.69) is 12.0 Å². The zero-order valence-electron chi connectivity index (χ0n) is 6.75. The monoisotopic (exact) mass is 158 g/mol. The number of nitrogens with zero attached hydrogens (tertiary/aromatic N) is 3. The second-order valence-corrected chi connectivity index (χ2v) is 3.58. The lowest BCUT2D eigenvalue weighted by atomic mass is 10.8. The summed E-state index contributed by atoms with van der Waals surface area (Å²) in [5, 5.41) is 6.55. The average Bonchev–Trinajstić information content (AvgIpc) is 2.13. The van der Waals surface area contributed by atoms with E-state index in [-0.39, 0.29) is 0 Å². The second kappa shape index (κ2) is 2.54. The van der Waals surface area contributed by atoms with E-state index in [1.54, 1.807) is 11.3 Å². The summed E-state index contributed by atoms with van der Waals surface area (Å²) in [7, 11) is 5.95. The van der Waals surface area contributed by atoms with E-state index in [4.69, 9.17) is 0 Å². The maximum absolute atomic E-state index is 4.27. The van der Waals surface area contributed by atoms with Crippen molar-refractivity contribution in [1.29, 1.82) is 0 Å². The quantitative estimate of drug-likeness (QED) is 0.549. The number of aromatic nitrogens is 2. The van der Waals surface area contributed by atoms with Crippen molar-refractivity contribution in [1.82, 2.24) is 5.10 Å². The molecule has 0 bridgehead atoms. The lowest BCUT2D eigenvalue weighted by Gasteiger charge is -2.01. The first-order valence-corrected chi connectivity index (χ1v) is 3.94. The zero-order chi connectivity index (χ0) is 7.72. The van der Waals surface area contributed by atoms with Crippen LogP contribution in [0.1, 0.15) is 5.01 Å². The summed E-state index contributed by atoms with van der Waals surface area (Å²) >= 11 is 1.70. The summed E-state index contributed by atoms with van der Waals surface area (Å²) in [4.78, 5) is 2.01. The Morgan fingerprint density at radius 1 is 1.50 bits per heavy atom. The van der Waals surface area contributed by atoms with E-state index in [0.717, 1.165) is 5.13 Å².